The van der Waals surface area contributed by atoms with Crippen LogP contribution in [0.25, 0.3) is 0 Å². The molecule has 0 aliphatic rings. The summed E-state index contributed by atoms with van der Waals surface area (Å²) in [5.41, 5.74) is 0. The van der Waals surface area contributed by atoms with Gasteiger partial charge >= 0.3 is 23.3 Å². The number of carboxylic acids is 1. The van der Waals surface area contributed by atoms with Crippen molar-refractivity contribution in [2.24, 2.45) is 0 Å². The number of hydrogen-bond acceptors (Lipinski definition) is 4. The Morgan fingerprint density at radius 1 is 0.963 bits per heavy atom. The van der Waals surface area contributed by atoms with Gasteiger partial charge in [0.2, 0.25) is 0 Å². The van der Waals surface area contributed by atoms with Crippen LogP contribution in [0.2, 0.25) is 0 Å². The van der Waals surface area contributed by atoms with Crippen LogP contribution in [0.5, 0.6) is 0 Å². The number of halogens is 9. The van der Waals surface area contributed by atoms with Crippen molar-refractivity contribution in [3.8, 4) is 0 Å². The summed E-state index contributed by atoms with van der Waals surface area (Å²) in [5.74, 6) is -16.1. The first kappa shape index (κ1) is 25.7. The molecule has 0 aromatic carbocycles. The van der Waals surface area contributed by atoms with E-state index < -0.39 is 58.8 Å². The molecule has 6 nitrogen and oxygen atoms in total. The number of carboxylic acid groups (broad SMARTS) is 1. The molecule has 0 saturated carbocycles. The lowest BCUT2D eigenvalue weighted by molar-refractivity contribution is -0.884. The second-order valence-electron chi connectivity index (χ2n) is 6.10. The largest absolute Gasteiger partial charge is 0.544 e. The maximum absolute atomic E-state index is 13.4. The van der Waals surface area contributed by atoms with Crippen molar-refractivity contribution in [3.63, 3.8) is 0 Å². The molecule has 0 radical (unpaired) electrons. The van der Waals surface area contributed by atoms with E-state index in [-0.39, 0.29) is 11.0 Å². The van der Waals surface area contributed by atoms with Crippen molar-refractivity contribution in [1.82, 2.24) is 4.72 Å². The number of alkyl halides is 9. The highest BCUT2D eigenvalue weighted by Gasteiger charge is 2.85. The zero-order valence-corrected chi connectivity index (χ0v) is 14.5. The van der Waals surface area contributed by atoms with Crippen LogP contribution in [0.3, 0.4) is 0 Å². The molecule has 0 rings (SSSR count). The molecule has 0 saturated heterocycles. The number of likely N-dealkylation sites (N-methyl/N-ethyl adjacent to an activating group) is 1. The Labute approximate surface area is 147 Å². The summed E-state index contributed by atoms with van der Waals surface area (Å²) in [6.45, 7) is -1.85. The first-order valence-electron chi connectivity index (χ1n) is 6.83. The molecule has 0 fully saturated rings. The van der Waals surface area contributed by atoms with Gasteiger partial charge in [0.05, 0.1) is 26.6 Å². The second kappa shape index (κ2) is 7.62. The van der Waals surface area contributed by atoms with E-state index in [2.05, 4.69) is 0 Å². The standard InChI is InChI=1S/C11H15F9N2O4S/c1-22(2,6-7(23)24)5-3-4-21-27(25,26)11(19,20)9(14,15)8(12,13)10(16,17)18/h21H,3-6H2,1-2H3. The van der Waals surface area contributed by atoms with Gasteiger partial charge in [-0.25, -0.2) is 13.1 Å². The average molecular weight is 442 g/mol. The van der Waals surface area contributed by atoms with Crippen molar-refractivity contribution >= 4 is 16.0 Å². The smallest absolute Gasteiger partial charge is 0.460 e. The van der Waals surface area contributed by atoms with Crippen molar-refractivity contribution in [1.29, 1.82) is 0 Å². The van der Waals surface area contributed by atoms with Crippen molar-refractivity contribution in [2.75, 3.05) is 33.7 Å². The maximum Gasteiger partial charge on any atom is 0.460 e. The molecule has 0 aliphatic carbocycles. The normalized spacial score (nSPS) is 15.1. The molecule has 0 heterocycles. The Bertz CT molecular complexity index is 647. The van der Waals surface area contributed by atoms with Gasteiger partial charge in [0.25, 0.3) is 10.0 Å². The number of carbonyl (C=O) groups is 1. The van der Waals surface area contributed by atoms with E-state index in [4.69, 9.17) is 0 Å². The van der Waals surface area contributed by atoms with Crippen molar-refractivity contribution in [3.05, 3.63) is 0 Å². The van der Waals surface area contributed by atoms with E-state index in [1.165, 1.54) is 14.1 Å². The van der Waals surface area contributed by atoms with Gasteiger partial charge in [-0.3, -0.25) is 0 Å². The number of nitrogens with one attached hydrogen (secondary N) is 1. The van der Waals surface area contributed by atoms with Crippen molar-refractivity contribution in [2.45, 2.75) is 29.7 Å². The van der Waals surface area contributed by atoms with Gasteiger partial charge in [0, 0.05) is 13.0 Å². The van der Waals surface area contributed by atoms with Crippen LogP contribution in [0.15, 0.2) is 0 Å². The fraction of sp³-hybridized carbons (Fsp3) is 0.909. The minimum atomic E-state index is -7.33. The molecule has 16 heteroatoms. The number of sulfonamides is 1. The summed E-state index contributed by atoms with van der Waals surface area (Å²) in [4.78, 5) is 10.4. The summed E-state index contributed by atoms with van der Waals surface area (Å²) < 4.78 is 137. The average Bonchev–Trinajstić information content (AvgIpc) is 2.40. The Balaban J connectivity index is 5.27. The predicted molar refractivity (Wildman–Crippen MR) is 69.3 cm³/mol. The van der Waals surface area contributed by atoms with Crippen LogP contribution in [0.1, 0.15) is 6.42 Å². The highest BCUT2D eigenvalue weighted by Crippen LogP contribution is 2.54. The Kier molecular flexibility index (Phi) is 7.25. The lowest BCUT2D eigenvalue weighted by Gasteiger charge is -2.33. The molecule has 0 atom stereocenters. The van der Waals surface area contributed by atoms with Crippen LogP contribution in [-0.2, 0) is 14.8 Å². The molecule has 0 aromatic rings. The topological polar surface area (TPSA) is 86.3 Å². The van der Waals surface area contributed by atoms with E-state index in [1.54, 1.807) is 0 Å². The van der Waals surface area contributed by atoms with E-state index in [1.807, 2.05) is 0 Å². The fourth-order valence-corrected chi connectivity index (χ4v) is 2.82. The minimum absolute atomic E-state index is 0.211. The van der Waals surface area contributed by atoms with Gasteiger partial charge in [-0.1, -0.05) is 0 Å². The molecular formula is C11H15F9N2O4S. The maximum atomic E-state index is 13.4. The lowest BCUT2D eigenvalue weighted by atomic mass is 10.1. The van der Waals surface area contributed by atoms with Gasteiger partial charge in [-0.2, -0.15) is 39.5 Å². The van der Waals surface area contributed by atoms with E-state index >= 15 is 0 Å². The summed E-state index contributed by atoms with van der Waals surface area (Å²) in [6.07, 6.45) is -7.57. The quantitative estimate of drug-likeness (QED) is 0.304. The molecule has 0 aromatic heterocycles. The first-order valence-corrected chi connectivity index (χ1v) is 8.32. The summed E-state index contributed by atoms with van der Waals surface area (Å²) in [7, 11) is -4.05. The first-order chi connectivity index (χ1) is 11.6. The third-order valence-electron chi connectivity index (χ3n) is 3.24. The van der Waals surface area contributed by atoms with Crippen LogP contribution < -0.4 is 9.83 Å². The number of carbonyl (C=O) groups excluding carboxylic acids is 1. The SMILES string of the molecule is C[N+](C)(CCCNS(=O)(=O)C(F)(F)C(F)(F)C(F)(F)C(F)(F)F)CC(=O)[O-]. The molecule has 27 heavy (non-hydrogen) atoms. The monoisotopic (exact) mass is 442 g/mol. The van der Waals surface area contributed by atoms with Gasteiger partial charge in [0.15, 0.2) is 0 Å². The molecule has 0 bridgehead atoms. The molecule has 0 amide bonds. The fourth-order valence-electron chi connectivity index (χ4n) is 1.76. The summed E-state index contributed by atoms with van der Waals surface area (Å²) in [5, 5.41) is 3.64. The number of rotatable bonds is 10. The highest BCUT2D eigenvalue weighted by atomic mass is 32.2. The number of aliphatic carboxylic acids is 1. The Morgan fingerprint density at radius 2 is 1.41 bits per heavy atom. The minimum Gasteiger partial charge on any atom is -0.544 e. The van der Waals surface area contributed by atoms with E-state index in [0.717, 1.165) is 4.72 Å². The van der Waals surface area contributed by atoms with Crippen LogP contribution >= 0.6 is 0 Å². The molecule has 0 unspecified atom stereocenters. The molecule has 162 valence electrons. The second-order valence-corrected chi connectivity index (χ2v) is 7.91. The number of nitrogens with zero attached hydrogens (tertiary/aromatic N) is 1. The van der Waals surface area contributed by atoms with E-state index in [9.17, 15) is 57.8 Å². The third kappa shape index (κ3) is 5.37. The Hall–Kier alpha value is -1.29. The van der Waals surface area contributed by atoms with Crippen LogP contribution in [0, 0.1) is 0 Å². The third-order valence-corrected chi connectivity index (χ3v) is 4.76. The van der Waals surface area contributed by atoms with Crippen LogP contribution in [0.4, 0.5) is 39.5 Å². The molecule has 1 N–H and O–H groups in total. The summed E-state index contributed by atoms with van der Waals surface area (Å²) >= 11 is 0. The van der Waals surface area contributed by atoms with Gasteiger partial charge in [0.1, 0.15) is 6.54 Å². The van der Waals surface area contributed by atoms with Crippen molar-refractivity contribution < 1.29 is 62.3 Å². The lowest BCUT2D eigenvalue weighted by Crippen LogP contribution is -2.65. The van der Waals surface area contributed by atoms with Gasteiger partial charge in [-0.15, -0.1) is 0 Å². The predicted octanol–water partition coefficient (Wildman–Crippen LogP) is 0.548. The summed E-state index contributed by atoms with van der Waals surface area (Å²) in [6, 6.07) is 0. The molecule has 0 spiro atoms. The molecule has 0 aliphatic heterocycles. The van der Waals surface area contributed by atoms with Crippen LogP contribution in [-0.4, -0.2) is 75.9 Å². The van der Waals surface area contributed by atoms with Gasteiger partial charge in [-0.05, 0) is 0 Å². The number of quaternary nitrogens is 1. The van der Waals surface area contributed by atoms with E-state index in [0.29, 0.717) is 0 Å². The molecular weight excluding hydrogens is 427 g/mol. The highest BCUT2D eigenvalue weighted by molar-refractivity contribution is 7.90. The number of hydrogen-bond donors (Lipinski definition) is 1. The zero-order valence-electron chi connectivity index (χ0n) is 13.7. The van der Waals surface area contributed by atoms with Gasteiger partial charge < -0.3 is 14.4 Å². The Morgan fingerprint density at radius 3 is 1.78 bits per heavy atom. The zero-order chi connectivity index (χ0) is 22.1.